The Balaban J connectivity index is 1.53. The van der Waals surface area contributed by atoms with E-state index in [-0.39, 0.29) is 16.9 Å². The molecule has 3 heterocycles. The number of carbonyl (C=O) groups excluding carboxylic acids is 1. The topological polar surface area (TPSA) is 76.5 Å². The quantitative estimate of drug-likeness (QED) is 0.444. The molecule has 0 aliphatic carbocycles. The summed E-state index contributed by atoms with van der Waals surface area (Å²) in [7, 11) is 1.51. The van der Waals surface area contributed by atoms with E-state index in [1.165, 1.54) is 48.4 Å². The summed E-state index contributed by atoms with van der Waals surface area (Å²) in [5.74, 6) is -0.798. The minimum atomic E-state index is -4.44. The van der Waals surface area contributed by atoms with Gasteiger partial charge in [0.2, 0.25) is 0 Å². The lowest BCUT2D eigenvalue weighted by Crippen LogP contribution is -2.32. The average Bonchev–Trinajstić information content (AvgIpc) is 3.39. The highest BCUT2D eigenvalue weighted by molar-refractivity contribution is 7.99. The number of alkyl halides is 3. The molecule has 0 radical (unpaired) electrons. The SMILES string of the molecule is CN(C(=O)c1cc2c(cc1F)nc(N)c1cncn12)C1CSc2cc(C(F)(F)F)ccc21. The molecule has 2 aromatic heterocycles. The molecular weight excluding hydrogens is 446 g/mol. The van der Waals surface area contributed by atoms with Gasteiger partial charge in [0.25, 0.3) is 5.91 Å². The number of aromatic nitrogens is 3. The molecule has 1 unspecified atom stereocenters. The first-order valence-electron chi connectivity index (χ1n) is 9.47. The Bertz CT molecular complexity index is 1400. The fourth-order valence-corrected chi connectivity index (χ4v) is 5.20. The van der Waals surface area contributed by atoms with E-state index in [2.05, 4.69) is 9.97 Å². The summed E-state index contributed by atoms with van der Waals surface area (Å²) in [6, 6.07) is 5.50. The van der Waals surface area contributed by atoms with Gasteiger partial charge < -0.3 is 10.6 Å². The van der Waals surface area contributed by atoms with Crippen molar-refractivity contribution in [1.82, 2.24) is 19.3 Å². The van der Waals surface area contributed by atoms with Crippen LogP contribution in [0, 0.1) is 5.82 Å². The Morgan fingerprint density at radius 1 is 1.25 bits per heavy atom. The molecule has 2 aromatic carbocycles. The van der Waals surface area contributed by atoms with Crippen LogP contribution in [0.3, 0.4) is 0 Å². The highest BCUT2D eigenvalue weighted by atomic mass is 32.2. The first-order chi connectivity index (χ1) is 15.1. The number of hydrogen-bond donors (Lipinski definition) is 1. The largest absolute Gasteiger partial charge is 0.416 e. The summed E-state index contributed by atoms with van der Waals surface area (Å²) in [6.07, 6.45) is -1.44. The molecule has 1 aliphatic heterocycles. The van der Waals surface area contributed by atoms with Crippen molar-refractivity contribution in [2.24, 2.45) is 0 Å². The minimum absolute atomic E-state index is 0.174. The first-order valence-corrected chi connectivity index (χ1v) is 10.5. The van der Waals surface area contributed by atoms with Crippen LogP contribution >= 0.6 is 11.8 Å². The predicted octanol–water partition coefficient (Wildman–Crippen LogP) is 4.54. The van der Waals surface area contributed by atoms with Crippen molar-refractivity contribution in [3.05, 3.63) is 65.4 Å². The highest BCUT2D eigenvalue weighted by Gasteiger charge is 2.35. The number of rotatable bonds is 2. The van der Waals surface area contributed by atoms with Crippen LogP contribution in [0.25, 0.3) is 16.6 Å². The normalized spacial score (nSPS) is 16.0. The van der Waals surface area contributed by atoms with Crippen LogP contribution in [0.15, 0.2) is 47.8 Å². The predicted molar refractivity (Wildman–Crippen MR) is 112 cm³/mol. The number of halogens is 4. The summed E-state index contributed by atoms with van der Waals surface area (Å²) in [4.78, 5) is 23.2. The van der Waals surface area contributed by atoms with Crippen LogP contribution in [-0.2, 0) is 6.18 Å². The number of amides is 1. The van der Waals surface area contributed by atoms with Gasteiger partial charge in [0.1, 0.15) is 17.2 Å². The number of nitrogens with two attached hydrogens (primary N) is 1. The zero-order valence-corrected chi connectivity index (χ0v) is 17.3. The molecule has 0 saturated heterocycles. The van der Waals surface area contributed by atoms with Gasteiger partial charge in [-0.25, -0.2) is 14.4 Å². The number of benzene rings is 2. The van der Waals surface area contributed by atoms with Crippen LogP contribution in [0.1, 0.15) is 27.5 Å². The molecule has 1 aliphatic rings. The van der Waals surface area contributed by atoms with Crippen LogP contribution in [0.4, 0.5) is 23.4 Å². The maximum Gasteiger partial charge on any atom is 0.416 e. The summed E-state index contributed by atoms with van der Waals surface area (Å²) in [5, 5.41) is 0. The number of nitrogen functional groups attached to an aromatic ring is 1. The summed E-state index contributed by atoms with van der Waals surface area (Å²) < 4.78 is 55.5. The number of hydrogen-bond acceptors (Lipinski definition) is 5. The first kappa shape index (κ1) is 20.6. The van der Waals surface area contributed by atoms with Gasteiger partial charge in [-0.05, 0) is 23.8 Å². The zero-order valence-electron chi connectivity index (χ0n) is 16.5. The Morgan fingerprint density at radius 2 is 2.03 bits per heavy atom. The maximum atomic E-state index is 14.9. The standard InChI is InChI=1S/C21H15F4N5OS/c1-29(17-8-32-18-4-10(21(23,24)25)2-3-11(17)18)20(31)12-5-15-14(6-13(12)22)28-19(26)16-7-27-9-30(15)16/h2-7,9,17H,8H2,1H3,(H2,26,28). The second kappa shape index (κ2) is 7.09. The van der Waals surface area contributed by atoms with E-state index < -0.39 is 29.5 Å². The van der Waals surface area contributed by atoms with Crippen molar-refractivity contribution >= 4 is 40.0 Å². The molecule has 0 bridgehead atoms. The Kier molecular flexibility index (Phi) is 4.55. The van der Waals surface area contributed by atoms with Crippen molar-refractivity contribution in [3.63, 3.8) is 0 Å². The molecule has 6 nitrogen and oxygen atoms in total. The molecule has 2 N–H and O–H groups in total. The van der Waals surface area contributed by atoms with Gasteiger partial charge in [-0.3, -0.25) is 9.20 Å². The third kappa shape index (κ3) is 3.15. The van der Waals surface area contributed by atoms with Gasteiger partial charge in [0.05, 0.1) is 40.7 Å². The van der Waals surface area contributed by atoms with Crippen molar-refractivity contribution in [2.75, 3.05) is 18.5 Å². The van der Waals surface area contributed by atoms with Gasteiger partial charge in [-0.15, -0.1) is 11.8 Å². The molecule has 5 rings (SSSR count). The van der Waals surface area contributed by atoms with Gasteiger partial charge in [-0.2, -0.15) is 13.2 Å². The fraction of sp³-hybridized carbons (Fsp3) is 0.190. The molecule has 32 heavy (non-hydrogen) atoms. The van der Waals surface area contributed by atoms with E-state index in [4.69, 9.17) is 5.73 Å². The molecule has 1 amide bonds. The highest BCUT2D eigenvalue weighted by Crippen LogP contribution is 2.44. The molecule has 1 atom stereocenters. The molecule has 164 valence electrons. The van der Waals surface area contributed by atoms with Gasteiger partial charge in [-0.1, -0.05) is 6.07 Å². The average molecular weight is 461 g/mol. The molecule has 11 heteroatoms. The van der Waals surface area contributed by atoms with E-state index in [0.29, 0.717) is 27.2 Å². The van der Waals surface area contributed by atoms with Crippen LogP contribution in [-0.4, -0.2) is 38.0 Å². The van der Waals surface area contributed by atoms with E-state index in [1.807, 2.05) is 0 Å². The lowest BCUT2D eigenvalue weighted by molar-refractivity contribution is -0.137. The number of nitrogens with zero attached hydrogens (tertiary/aromatic N) is 4. The number of imidazole rings is 1. The molecule has 0 spiro atoms. The van der Waals surface area contributed by atoms with E-state index in [0.717, 1.165) is 18.2 Å². The summed E-state index contributed by atoms with van der Waals surface area (Å²) in [5.41, 5.74) is 6.83. The van der Waals surface area contributed by atoms with Gasteiger partial charge in [0.15, 0.2) is 0 Å². The Labute approximate surface area is 183 Å². The van der Waals surface area contributed by atoms with Crippen molar-refractivity contribution in [3.8, 4) is 0 Å². The van der Waals surface area contributed by atoms with Crippen molar-refractivity contribution < 1.29 is 22.4 Å². The van der Waals surface area contributed by atoms with Crippen molar-refractivity contribution in [1.29, 1.82) is 0 Å². The fourth-order valence-electron chi connectivity index (χ4n) is 3.88. The second-order valence-corrected chi connectivity index (χ2v) is 8.52. The van der Waals surface area contributed by atoms with E-state index in [9.17, 15) is 22.4 Å². The second-order valence-electron chi connectivity index (χ2n) is 7.46. The van der Waals surface area contributed by atoms with Crippen LogP contribution < -0.4 is 5.73 Å². The Morgan fingerprint density at radius 3 is 2.78 bits per heavy atom. The number of fused-ring (bicyclic) bond motifs is 4. The smallest absolute Gasteiger partial charge is 0.382 e. The minimum Gasteiger partial charge on any atom is -0.382 e. The molecular formula is C21H15F4N5OS. The van der Waals surface area contributed by atoms with Gasteiger partial charge in [0, 0.05) is 23.8 Å². The maximum absolute atomic E-state index is 14.9. The van der Waals surface area contributed by atoms with Crippen LogP contribution in [0.2, 0.25) is 0 Å². The van der Waals surface area contributed by atoms with Crippen LogP contribution in [0.5, 0.6) is 0 Å². The monoisotopic (exact) mass is 461 g/mol. The Hall–Kier alpha value is -3.34. The van der Waals surface area contributed by atoms with E-state index in [1.54, 1.807) is 4.40 Å². The van der Waals surface area contributed by atoms with Crippen molar-refractivity contribution in [2.45, 2.75) is 17.1 Å². The number of anilines is 1. The zero-order chi connectivity index (χ0) is 22.8. The lowest BCUT2D eigenvalue weighted by Gasteiger charge is -2.25. The molecule has 4 aromatic rings. The number of carbonyl (C=O) groups is 1. The summed E-state index contributed by atoms with van der Waals surface area (Å²) >= 11 is 1.23. The third-order valence-electron chi connectivity index (χ3n) is 5.58. The third-order valence-corrected chi connectivity index (χ3v) is 6.73. The lowest BCUT2D eigenvalue weighted by atomic mass is 10.0. The molecule has 0 fully saturated rings. The van der Waals surface area contributed by atoms with E-state index >= 15 is 0 Å². The van der Waals surface area contributed by atoms with Gasteiger partial charge >= 0.3 is 6.18 Å². The summed E-state index contributed by atoms with van der Waals surface area (Å²) in [6.45, 7) is 0. The number of thioether (sulfide) groups is 1. The molecule has 0 saturated carbocycles.